The largest absolute Gasteiger partial charge is 0.315 e. The van der Waals surface area contributed by atoms with Crippen molar-refractivity contribution < 1.29 is 0 Å². The van der Waals surface area contributed by atoms with Gasteiger partial charge in [-0.2, -0.15) is 0 Å². The van der Waals surface area contributed by atoms with Crippen molar-refractivity contribution in [2.75, 3.05) is 32.7 Å². The molecule has 0 atom stereocenters. The summed E-state index contributed by atoms with van der Waals surface area (Å²) < 4.78 is 0. The van der Waals surface area contributed by atoms with Crippen molar-refractivity contribution in [2.45, 2.75) is 13.3 Å². The van der Waals surface area contributed by atoms with Crippen LogP contribution < -0.4 is 5.32 Å². The van der Waals surface area contributed by atoms with Gasteiger partial charge in [0.05, 0.1) is 0 Å². The standard InChI is InChI=1S/C10H18N2/c1-10(7-11-8-10)9-12-5-3-2-4-6-12/h2-3,11H,4-9H2,1H3. The van der Waals surface area contributed by atoms with Crippen LogP contribution in [0, 0.1) is 5.41 Å². The zero-order valence-electron chi connectivity index (χ0n) is 7.84. The zero-order chi connectivity index (χ0) is 8.44. The molecule has 0 radical (unpaired) electrons. The van der Waals surface area contributed by atoms with Gasteiger partial charge < -0.3 is 5.32 Å². The molecule has 0 spiro atoms. The second kappa shape index (κ2) is 3.19. The predicted molar refractivity (Wildman–Crippen MR) is 51.2 cm³/mol. The van der Waals surface area contributed by atoms with Crippen LogP contribution in [0.3, 0.4) is 0 Å². The molecule has 0 aromatic heterocycles. The Labute approximate surface area is 74.6 Å². The summed E-state index contributed by atoms with van der Waals surface area (Å²) in [5.41, 5.74) is 0.561. The van der Waals surface area contributed by atoms with Gasteiger partial charge in [-0.1, -0.05) is 19.1 Å². The van der Waals surface area contributed by atoms with Gasteiger partial charge in [0.25, 0.3) is 0 Å². The molecule has 0 aliphatic carbocycles. The Balaban J connectivity index is 1.81. The highest BCUT2D eigenvalue weighted by molar-refractivity contribution is 4.96. The van der Waals surface area contributed by atoms with E-state index in [1.165, 1.54) is 32.6 Å². The molecule has 2 rings (SSSR count). The van der Waals surface area contributed by atoms with Crippen LogP contribution >= 0.6 is 0 Å². The van der Waals surface area contributed by atoms with Gasteiger partial charge in [0.1, 0.15) is 0 Å². The van der Waals surface area contributed by atoms with E-state index >= 15 is 0 Å². The third-order valence-electron chi connectivity index (χ3n) is 2.85. The molecule has 2 aliphatic rings. The molecule has 1 saturated heterocycles. The van der Waals surface area contributed by atoms with Crippen LogP contribution in [0.1, 0.15) is 13.3 Å². The number of hydrogen-bond donors (Lipinski definition) is 1. The van der Waals surface area contributed by atoms with Crippen LogP contribution in [0.15, 0.2) is 12.2 Å². The fourth-order valence-electron chi connectivity index (χ4n) is 2.04. The Morgan fingerprint density at radius 3 is 2.75 bits per heavy atom. The number of nitrogens with one attached hydrogen (secondary N) is 1. The summed E-state index contributed by atoms with van der Waals surface area (Å²) in [5, 5.41) is 3.35. The van der Waals surface area contributed by atoms with Crippen LogP contribution in [0.4, 0.5) is 0 Å². The first-order valence-corrected chi connectivity index (χ1v) is 4.87. The first-order chi connectivity index (χ1) is 5.79. The maximum absolute atomic E-state index is 3.35. The van der Waals surface area contributed by atoms with E-state index in [1.807, 2.05) is 0 Å². The summed E-state index contributed by atoms with van der Waals surface area (Å²) in [6.45, 7) is 8.47. The normalized spacial score (nSPS) is 28.4. The van der Waals surface area contributed by atoms with Crippen molar-refractivity contribution in [2.24, 2.45) is 5.41 Å². The second-order valence-corrected chi connectivity index (χ2v) is 4.41. The van der Waals surface area contributed by atoms with Crippen molar-refractivity contribution in [3.63, 3.8) is 0 Å². The van der Waals surface area contributed by atoms with E-state index in [1.54, 1.807) is 0 Å². The monoisotopic (exact) mass is 166 g/mol. The van der Waals surface area contributed by atoms with Gasteiger partial charge in [-0.3, -0.25) is 4.90 Å². The van der Waals surface area contributed by atoms with E-state index in [4.69, 9.17) is 0 Å². The van der Waals surface area contributed by atoms with E-state index < -0.39 is 0 Å². The van der Waals surface area contributed by atoms with Gasteiger partial charge in [-0.05, 0) is 6.42 Å². The Hall–Kier alpha value is -0.340. The van der Waals surface area contributed by atoms with E-state index in [9.17, 15) is 0 Å². The number of rotatable bonds is 2. The van der Waals surface area contributed by atoms with Crippen LogP contribution in [0.25, 0.3) is 0 Å². The highest BCUT2D eigenvalue weighted by Crippen LogP contribution is 2.23. The lowest BCUT2D eigenvalue weighted by atomic mass is 9.83. The van der Waals surface area contributed by atoms with Crippen molar-refractivity contribution in [3.8, 4) is 0 Å². The number of nitrogens with zero attached hydrogens (tertiary/aromatic N) is 1. The average Bonchev–Trinajstić information content (AvgIpc) is 2.04. The predicted octanol–water partition coefficient (Wildman–Crippen LogP) is 0.858. The Bertz CT molecular complexity index is 182. The molecule has 0 unspecified atom stereocenters. The van der Waals surface area contributed by atoms with Crippen LogP contribution in [0.2, 0.25) is 0 Å². The highest BCUT2D eigenvalue weighted by Gasteiger charge is 2.33. The zero-order valence-corrected chi connectivity index (χ0v) is 7.84. The van der Waals surface area contributed by atoms with E-state index in [-0.39, 0.29) is 0 Å². The van der Waals surface area contributed by atoms with Gasteiger partial charge in [0.15, 0.2) is 0 Å². The second-order valence-electron chi connectivity index (χ2n) is 4.41. The minimum absolute atomic E-state index is 0.561. The van der Waals surface area contributed by atoms with Gasteiger partial charge >= 0.3 is 0 Å². The topological polar surface area (TPSA) is 15.3 Å². The molecule has 0 amide bonds. The minimum Gasteiger partial charge on any atom is -0.315 e. The van der Waals surface area contributed by atoms with Crippen molar-refractivity contribution in [3.05, 3.63) is 12.2 Å². The molecule has 2 nitrogen and oxygen atoms in total. The highest BCUT2D eigenvalue weighted by atomic mass is 15.2. The SMILES string of the molecule is CC1(CN2CC=CCC2)CNC1. The minimum atomic E-state index is 0.561. The first kappa shape index (κ1) is 8.27. The summed E-state index contributed by atoms with van der Waals surface area (Å²) in [6.07, 6.45) is 5.82. The van der Waals surface area contributed by atoms with Gasteiger partial charge in [0.2, 0.25) is 0 Å². The van der Waals surface area contributed by atoms with Crippen molar-refractivity contribution >= 4 is 0 Å². The molecule has 0 saturated carbocycles. The van der Waals surface area contributed by atoms with Gasteiger partial charge in [-0.25, -0.2) is 0 Å². The maximum atomic E-state index is 3.35. The number of hydrogen-bond acceptors (Lipinski definition) is 2. The molecule has 2 aliphatic heterocycles. The molecule has 0 bridgehead atoms. The maximum Gasteiger partial charge on any atom is 0.0163 e. The van der Waals surface area contributed by atoms with Crippen molar-refractivity contribution in [1.82, 2.24) is 10.2 Å². The molecule has 68 valence electrons. The molecule has 2 heteroatoms. The Morgan fingerprint density at radius 1 is 1.42 bits per heavy atom. The van der Waals surface area contributed by atoms with Gasteiger partial charge in [-0.15, -0.1) is 0 Å². The third kappa shape index (κ3) is 1.70. The molecule has 0 aromatic carbocycles. The van der Waals surface area contributed by atoms with E-state index in [0.717, 1.165) is 6.54 Å². The van der Waals surface area contributed by atoms with Gasteiger partial charge in [0, 0.05) is 38.1 Å². The Kier molecular flexibility index (Phi) is 2.20. The lowest BCUT2D eigenvalue weighted by Gasteiger charge is -2.43. The van der Waals surface area contributed by atoms with Crippen molar-refractivity contribution in [1.29, 1.82) is 0 Å². The lowest BCUT2D eigenvalue weighted by Crippen LogP contribution is -2.57. The summed E-state index contributed by atoms with van der Waals surface area (Å²) in [7, 11) is 0. The molecule has 2 heterocycles. The molecular formula is C10H18N2. The summed E-state index contributed by atoms with van der Waals surface area (Å²) in [5.74, 6) is 0. The molecular weight excluding hydrogens is 148 g/mol. The van der Waals surface area contributed by atoms with Crippen LogP contribution in [-0.2, 0) is 0 Å². The molecule has 1 fully saturated rings. The molecule has 0 aromatic rings. The summed E-state index contributed by atoms with van der Waals surface area (Å²) >= 11 is 0. The quantitative estimate of drug-likeness (QED) is 0.612. The van der Waals surface area contributed by atoms with Crippen LogP contribution in [0.5, 0.6) is 0 Å². The third-order valence-corrected chi connectivity index (χ3v) is 2.85. The molecule has 1 N–H and O–H groups in total. The van der Waals surface area contributed by atoms with Crippen LogP contribution in [-0.4, -0.2) is 37.6 Å². The van der Waals surface area contributed by atoms with E-state index in [2.05, 4.69) is 29.3 Å². The lowest BCUT2D eigenvalue weighted by molar-refractivity contribution is 0.115. The summed E-state index contributed by atoms with van der Waals surface area (Å²) in [4.78, 5) is 2.56. The van der Waals surface area contributed by atoms with E-state index in [0.29, 0.717) is 5.41 Å². The first-order valence-electron chi connectivity index (χ1n) is 4.87. The Morgan fingerprint density at radius 2 is 2.25 bits per heavy atom. The average molecular weight is 166 g/mol. The fourth-order valence-corrected chi connectivity index (χ4v) is 2.04. The summed E-state index contributed by atoms with van der Waals surface area (Å²) in [6, 6.07) is 0. The molecule has 12 heavy (non-hydrogen) atoms. The fraction of sp³-hybridized carbons (Fsp3) is 0.800. The smallest absolute Gasteiger partial charge is 0.0163 e.